The molecule has 0 saturated carbocycles. The van der Waals surface area contributed by atoms with Crippen molar-refractivity contribution in [3.05, 3.63) is 53.8 Å². The van der Waals surface area contributed by atoms with Gasteiger partial charge in [-0.25, -0.2) is 8.42 Å². The van der Waals surface area contributed by atoms with E-state index in [1.807, 2.05) is 0 Å². The Hall–Kier alpha value is -3.41. The number of nitrogens with one attached hydrogen (secondary N) is 2. The summed E-state index contributed by atoms with van der Waals surface area (Å²) < 4.78 is 79.5. The van der Waals surface area contributed by atoms with E-state index in [1.54, 1.807) is 6.92 Å². The standard InChI is InChI=1S/C21H21F3N2O6S/c1-13-17(7-4-10-31-13)20(27)25-14-8-9-19(18(12-14)30-2)33(28,29)26-15-5-3-6-16(11-15)32-21(22,23)24/h3,5-6,8-9,11-12,26H,4,7,10H2,1-2H3,(H,25,27). The SMILES string of the molecule is COc1cc(NC(=O)C2=C(C)OCCC2)ccc1S(=O)(=O)Nc1cccc(OC(F)(F)F)c1. The van der Waals surface area contributed by atoms with Crippen LogP contribution >= 0.6 is 0 Å². The van der Waals surface area contributed by atoms with E-state index < -0.39 is 22.1 Å². The lowest BCUT2D eigenvalue weighted by Gasteiger charge is -2.19. The third kappa shape index (κ3) is 6.31. The lowest BCUT2D eigenvalue weighted by atomic mass is 10.1. The Bertz CT molecular complexity index is 1180. The van der Waals surface area contributed by atoms with Gasteiger partial charge >= 0.3 is 6.36 Å². The van der Waals surface area contributed by atoms with Crippen molar-refractivity contribution in [2.75, 3.05) is 23.8 Å². The molecule has 178 valence electrons. The molecule has 1 aliphatic rings. The third-order valence-electron chi connectivity index (χ3n) is 4.62. The molecule has 0 fully saturated rings. The summed E-state index contributed by atoms with van der Waals surface area (Å²) in [6.45, 7) is 2.24. The fraction of sp³-hybridized carbons (Fsp3) is 0.286. The fourth-order valence-corrected chi connectivity index (χ4v) is 4.35. The summed E-state index contributed by atoms with van der Waals surface area (Å²) in [5.41, 5.74) is 0.651. The molecule has 8 nitrogen and oxygen atoms in total. The van der Waals surface area contributed by atoms with Gasteiger partial charge in [-0.1, -0.05) is 6.07 Å². The quantitative estimate of drug-likeness (QED) is 0.601. The van der Waals surface area contributed by atoms with Crippen LogP contribution in [0.5, 0.6) is 11.5 Å². The van der Waals surface area contributed by atoms with Crippen molar-refractivity contribution in [3.63, 3.8) is 0 Å². The molecular weight excluding hydrogens is 465 g/mol. The first-order chi connectivity index (χ1) is 15.5. The molecule has 33 heavy (non-hydrogen) atoms. The number of halogens is 3. The van der Waals surface area contributed by atoms with Gasteiger partial charge in [-0.3, -0.25) is 9.52 Å². The number of carbonyl (C=O) groups excluding carboxylic acids is 1. The Kier molecular flexibility index (Phi) is 7.06. The maximum Gasteiger partial charge on any atom is 0.573 e. The average Bonchev–Trinajstić information content (AvgIpc) is 2.72. The maximum atomic E-state index is 12.8. The van der Waals surface area contributed by atoms with Gasteiger partial charge in [0, 0.05) is 17.8 Å². The van der Waals surface area contributed by atoms with Crippen LogP contribution in [0.3, 0.4) is 0 Å². The molecule has 1 aliphatic heterocycles. The Morgan fingerprint density at radius 1 is 1.12 bits per heavy atom. The maximum absolute atomic E-state index is 12.8. The number of ether oxygens (including phenoxy) is 3. The van der Waals surface area contributed by atoms with Gasteiger partial charge in [0.25, 0.3) is 15.9 Å². The Balaban J connectivity index is 1.81. The fourth-order valence-electron chi connectivity index (χ4n) is 3.15. The molecule has 12 heteroatoms. The zero-order valence-corrected chi connectivity index (χ0v) is 18.5. The number of allylic oxidation sites excluding steroid dienone is 1. The molecule has 2 aromatic carbocycles. The Morgan fingerprint density at radius 2 is 1.88 bits per heavy atom. The lowest BCUT2D eigenvalue weighted by Crippen LogP contribution is -2.20. The van der Waals surface area contributed by atoms with Crippen LogP contribution in [0.2, 0.25) is 0 Å². The second-order valence-corrected chi connectivity index (χ2v) is 8.64. The molecule has 0 bridgehead atoms. The van der Waals surface area contributed by atoms with E-state index in [0.717, 1.165) is 12.1 Å². The molecule has 0 atom stereocenters. The first-order valence-corrected chi connectivity index (χ1v) is 11.2. The first kappa shape index (κ1) is 24.2. The smallest absolute Gasteiger partial charge is 0.498 e. The van der Waals surface area contributed by atoms with E-state index in [0.29, 0.717) is 36.5 Å². The highest BCUT2D eigenvalue weighted by atomic mass is 32.2. The van der Waals surface area contributed by atoms with Crippen molar-refractivity contribution in [2.45, 2.75) is 31.0 Å². The van der Waals surface area contributed by atoms with Crippen molar-refractivity contribution in [1.29, 1.82) is 0 Å². The summed E-state index contributed by atoms with van der Waals surface area (Å²) >= 11 is 0. The Labute approximate surface area is 188 Å². The third-order valence-corrected chi connectivity index (χ3v) is 6.04. The topological polar surface area (TPSA) is 103 Å². The number of alkyl halides is 3. The number of sulfonamides is 1. The highest BCUT2D eigenvalue weighted by Gasteiger charge is 2.31. The van der Waals surface area contributed by atoms with E-state index in [-0.39, 0.29) is 22.2 Å². The summed E-state index contributed by atoms with van der Waals surface area (Å²) in [6, 6.07) is 8.33. The largest absolute Gasteiger partial charge is 0.573 e. The minimum atomic E-state index is -4.92. The summed E-state index contributed by atoms with van der Waals surface area (Å²) in [6.07, 6.45) is -3.65. The van der Waals surface area contributed by atoms with Gasteiger partial charge < -0.3 is 19.5 Å². The zero-order chi connectivity index (χ0) is 24.2. The second-order valence-electron chi connectivity index (χ2n) is 6.99. The van der Waals surface area contributed by atoms with Gasteiger partial charge in [0.2, 0.25) is 0 Å². The number of hydrogen-bond donors (Lipinski definition) is 2. The number of anilines is 2. The number of carbonyl (C=O) groups is 1. The molecule has 2 N–H and O–H groups in total. The van der Waals surface area contributed by atoms with Gasteiger partial charge in [-0.15, -0.1) is 13.2 Å². The lowest BCUT2D eigenvalue weighted by molar-refractivity contribution is -0.274. The summed E-state index contributed by atoms with van der Waals surface area (Å²) in [4.78, 5) is 12.2. The predicted molar refractivity (Wildman–Crippen MR) is 113 cm³/mol. The molecule has 0 aromatic heterocycles. The minimum absolute atomic E-state index is 0.0754. The molecule has 0 saturated heterocycles. The van der Waals surface area contributed by atoms with E-state index in [2.05, 4.69) is 14.8 Å². The predicted octanol–water partition coefficient (Wildman–Crippen LogP) is 4.42. The molecule has 1 heterocycles. The second kappa shape index (κ2) is 9.61. The molecular formula is C21H21F3N2O6S. The molecule has 0 spiro atoms. The van der Waals surface area contributed by atoms with E-state index >= 15 is 0 Å². The van der Waals surface area contributed by atoms with Crippen molar-refractivity contribution in [3.8, 4) is 11.5 Å². The van der Waals surface area contributed by atoms with Gasteiger partial charge in [0.05, 0.1) is 25.0 Å². The zero-order valence-electron chi connectivity index (χ0n) is 17.7. The van der Waals surface area contributed by atoms with Crippen molar-refractivity contribution < 1.29 is 40.6 Å². The first-order valence-electron chi connectivity index (χ1n) is 9.69. The highest BCUT2D eigenvalue weighted by molar-refractivity contribution is 7.92. The number of amides is 1. The van der Waals surface area contributed by atoms with Gasteiger partial charge in [0.1, 0.15) is 22.2 Å². The van der Waals surface area contributed by atoms with Crippen LogP contribution in [0.4, 0.5) is 24.5 Å². The summed E-state index contributed by atoms with van der Waals surface area (Å²) in [5.74, 6) is -0.493. The van der Waals surface area contributed by atoms with Gasteiger partial charge in [-0.05, 0) is 44.0 Å². The van der Waals surface area contributed by atoms with Crippen LogP contribution in [-0.4, -0.2) is 34.4 Å². The summed E-state index contributed by atoms with van der Waals surface area (Å²) in [7, 11) is -3.00. The van der Waals surface area contributed by atoms with Crippen molar-refractivity contribution in [2.24, 2.45) is 0 Å². The van der Waals surface area contributed by atoms with Gasteiger partial charge in [-0.2, -0.15) is 0 Å². The van der Waals surface area contributed by atoms with Crippen molar-refractivity contribution >= 4 is 27.3 Å². The molecule has 2 aromatic rings. The van der Waals surface area contributed by atoms with Gasteiger partial charge in [0.15, 0.2) is 0 Å². The van der Waals surface area contributed by atoms with E-state index in [1.165, 1.54) is 37.4 Å². The van der Waals surface area contributed by atoms with E-state index in [9.17, 15) is 26.4 Å². The van der Waals surface area contributed by atoms with E-state index in [4.69, 9.17) is 9.47 Å². The molecule has 0 aliphatic carbocycles. The van der Waals surface area contributed by atoms with Crippen molar-refractivity contribution in [1.82, 2.24) is 0 Å². The number of methoxy groups -OCH3 is 1. The van der Waals surface area contributed by atoms with Crippen LogP contribution < -0.4 is 19.5 Å². The van der Waals surface area contributed by atoms with Crippen LogP contribution in [0.15, 0.2) is 58.7 Å². The monoisotopic (exact) mass is 486 g/mol. The summed E-state index contributed by atoms with van der Waals surface area (Å²) in [5, 5.41) is 2.68. The van der Waals surface area contributed by atoms with Crippen LogP contribution in [0, 0.1) is 0 Å². The molecule has 3 rings (SSSR count). The molecule has 0 unspecified atom stereocenters. The normalized spacial score (nSPS) is 14.3. The minimum Gasteiger partial charge on any atom is -0.498 e. The Morgan fingerprint density at radius 3 is 2.55 bits per heavy atom. The number of hydrogen-bond acceptors (Lipinski definition) is 6. The number of rotatable bonds is 7. The highest BCUT2D eigenvalue weighted by Crippen LogP contribution is 2.31. The van der Waals surface area contributed by atoms with Crippen LogP contribution in [0.25, 0.3) is 0 Å². The average molecular weight is 486 g/mol. The molecule has 1 amide bonds. The van der Waals surface area contributed by atoms with Crippen LogP contribution in [0.1, 0.15) is 19.8 Å². The molecule has 0 radical (unpaired) electrons. The van der Waals surface area contributed by atoms with Crippen LogP contribution in [-0.2, 0) is 19.6 Å². The number of benzene rings is 2.